The first-order valence-corrected chi connectivity index (χ1v) is 5.25. The van der Waals surface area contributed by atoms with Crippen molar-refractivity contribution in [2.24, 2.45) is 11.8 Å². The summed E-state index contributed by atoms with van der Waals surface area (Å²) in [6.07, 6.45) is 5.69. The molecular weight excluding hydrogens is 188 g/mol. The van der Waals surface area contributed by atoms with Crippen LogP contribution in [0.5, 0.6) is 0 Å². The molecule has 0 aromatic carbocycles. The van der Waals surface area contributed by atoms with E-state index in [4.69, 9.17) is 0 Å². The van der Waals surface area contributed by atoms with Crippen LogP contribution in [-0.2, 0) is 0 Å². The summed E-state index contributed by atoms with van der Waals surface area (Å²) in [4.78, 5) is 0.829. The highest BCUT2D eigenvalue weighted by Crippen LogP contribution is 2.38. The molecule has 0 amide bonds. The summed E-state index contributed by atoms with van der Waals surface area (Å²) in [7, 11) is 0. The van der Waals surface area contributed by atoms with E-state index in [2.05, 4.69) is 29.8 Å². The van der Waals surface area contributed by atoms with Gasteiger partial charge in [-0.2, -0.15) is 0 Å². The van der Waals surface area contributed by atoms with Gasteiger partial charge < -0.3 is 0 Å². The summed E-state index contributed by atoms with van der Waals surface area (Å²) < 4.78 is 0. The molecule has 0 N–H and O–H groups in total. The quantitative estimate of drug-likeness (QED) is 0.615. The summed E-state index contributed by atoms with van der Waals surface area (Å²) >= 11 is 3.73. The van der Waals surface area contributed by atoms with E-state index in [-0.39, 0.29) is 0 Å². The van der Waals surface area contributed by atoms with Crippen LogP contribution in [0.4, 0.5) is 0 Å². The molecule has 0 nitrogen and oxygen atoms in total. The van der Waals surface area contributed by atoms with Crippen molar-refractivity contribution in [2.45, 2.75) is 44.4 Å². The number of hydrogen-bond acceptors (Lipinski definition) is 0. The highest BCUT2D eigenvalue weighted by Gasteiger charge is 2.28. The lowest BCUT2D eigenvalue weighted by Crippen LogP contribution is -2.01. The predicted octanol–water partition coefficient (Wildman–Crippen LogP) is 3.60. The van der Waals surface area contributed by atoms with Gasteiger partial charge in [-0.05, 0) is 37.5 Å². The average Bonchev–Trinajstić information content (AvgIpc) is 2.63. The zero-order valence-electron chi connectivity index (χ0n) is 6.94. The van der Waals surface area contributed by atoms with E-state index in [1.54, 1.807) is 0 Å². The molecule has 0 bridgehead atoms. The summed E-state index contributed by atoms with van der Waals surface area (Å²) in [5.41, 5.74) is 0. The monoisotopic (exact) mass is 204 g/mol. The molecule has 10 heavy (non-hydrogen) atoms. The van der Waals surface area contributed by atoms with Crippen molar-refractivity contribution >= 4 is 15.9 Å². The third-order valence-electron chi connectivity index (χ3n) is 2.15. The fourth-order valence-corrected chi connectivity index (χ4v) is 1.98. The lowest BCUT2D eigenvalue weighted by Gasteiger charge is -2.09. The lowest BCUT2D eigenvalue weighted by atomic mass is 10.0. The molecule has 1 rings (SSSR count). The molecule has 1 fully saturated rings. The second kappa shape index (κ2) is 3.75. The molecule has 0 aromatic heterocycles. The van der Waals surface area contributed by atoms with Gasteiger partial charge in [0, 0.05) is 4.83 Å². The first-order chi connectivity index (χ1) is 4.70. The van der Waals surface area contributed by atoms with E-state index in [9.17, 15) is 0 Å². The third kappa shape index (κ3) is 3.05. The highest BCUT2D eigenvalue weighted by molar-refractivity contribution is 9.09. The number of hydrogen-bond donors (Lipinski definition) is 0. The highest BCUT2D eigenvalue weighted by atomic mass is 79.9. The van der Waals surface area contributed by atoms with Crippen LogP contribution >= 0.6 is 15.9 Å². The largest absolute Gasteiger partial charge is 0.0888 e. The zero-order valence-corrected chi connectivity index (χ0v) is 8.52. The molecule has 0 radical (unpaired) electrons. The van der Waals surface area contributed by atoms with E-state index < -0.39 is 0 Å². The van der Waals surface area contributed by atoms with Gasteiger partial charge in [-0.15, -0.1) is 0 Å². The van der Waals surface area contributed by atoms with Gasteiger partial charge in [0.15, 0.2) is 0 Å². The van der Waals surface area contributed by atoms with Crippen LogP contribution in [0.25, 0.3) is 0 Å². The van der Waals surface area contributed by atoms with Crippen LogP contribution in [0, 0.1) is 11.8 Å². The molecule has 1 aliphatic rings. The van der Waals surface area contributed by atoms with E-state index >= 15 is 0 Å². The van der Waals surface area contributed by atoms with Crippen molar-refractivity contribution in [1.82, 2.24) is 0 Å². The number of halogens is 1. The van der Waals surface area contributed by atoms with Crippen LogP contribution in [0.3, 0.4) is 0 Å². The molecule has 0 saturated heterocycles. The van der Waals surface area contributed by atoms with Gasteiger partial charge in [0.05, 0.1) is 0 Å². The van der Waals surface area contributed by atoms with E-state index in [0.717, 1.165) is 16.7 Å². The fraction of sp³-hybridized carbons (Fsp3) is 1.00. The third-order valence-corrected chi connectivity index (χ3v) is 3.36. The Labute approximate surface area is 72.5 Å². The predicted molar refractivity (Wildman–Crippen MR) is 49.5 cm³/mol. The van der Waals surface area contributed by atoms with Crippen molar-refractivity contribution in [1.29, 1.82) is 0 Å². The van der Waals surface area contributed by atoms with E-state index in [0.29, 0.717) is 0 Å². The van der Waals surface area contributed by atoms with Crippen molar-refractivity contribution in [3.63, 3.8) is 0 Å². The van der Waals surface area contributed by atoms with Gasteiger partial charge in [-0.3, -0.25) is 0 Å². The smallest absolute Gasteiger partial charge is 0.0174 e. The molecule has 0 spiro atoms. The molecule has 60 valence electrons. The van der Waals surface area contributed by atoms with E-state index in [1.165, 1.54) is 25.7 Å². The molecule has 0 aromatic rings. The summed E-state index contributed by atoms with van der Waals surface area (Å²) in [5.74, 6) is 1.90. The second-order valence-electron chi connectivity index (χ2n) is 3.82. The standard InChI is InChI=1S/C9H17Br/c1-7(2)3-6-9(10)8-4-5-8/h7-9H,3-6H2,1-2H3. The Kier molecular flexibility index (Phi) is 3.22. The minimum absolute atomic E-state index is 0.829. The molecular formula is C9H17Br. The molecule has 1 heteroatoms. The minimum Gasteiger partial charge on any atom is -0.0888 e. The van der Waals surface area contributed by atoms with Crippen molar-refractivity contribution in [3.05, 3.63) is 0 Å². The van der Waals surface area contributed by atoms with Gasteiger partial charge >= 0.3 is 0 Å². The fourth-order valence-electron chi connectivity index (χ4n) is 1.19. The minimum atomic E-state index is 0.829. The number of alkyl halides is 1. The zero-order chi connectivity index (χ0) is 7.56. The molecule has 1 atom stereocenters. The maximum absolute atomic E-state index is 3.73. The molecule has 1 aliphatic carbocycles. The molecule has 1 unspecified atom stereocenters. The van der Waals surface area contributed by atoms with Crippen LogP contribution in [0.2, 0.25) is 0 Å². The van der Waals surface area contributed by atoms with Gasteiger partial charge in [0.2, 0.25) is 0 Å². The Morgan fingerprint density at radius 2 is 1.90 bits per heavy atom. The van der Waals surface area contributed by atoms with Crippen molar-refractivity contribution in [2.75, 3.05) is 0 Å². The Morgan fingerprint density at radius 1 is 1.30 bits per heavy atom. The van der Waals surface area contributed by atoms with E-state index in [1.807, 2.05) is 0 Å². The Bertz CT molecular complexity index is 94.9. The van der Waals surface area contributed by atoms with Gasteiger partial charge in [0.1, 0.15) is 0 Å². The maximum Gasteiger partial charge on any atom is 0.0174 e. The first kappa shape index (κ1) is 8.58. The van der Waals surface area contributed by atoms with Gasteiger partial charge in [0.25, 0.3) is 0 Å². The Morgan fingerprint density at radius 3 is 2.30 bits per heavy atom. The van der Waals surface area contributed by atoms with Crippen LogP contribution in [0.15, 0.2) is 0 Å². The topological polar surface area (TPSA) is 0 Å². The lowest BCUT2D eigenvalue weighted by molar-refractivity contribution is 0.532. The number of rotatable bonds is 4. The van der Waals surface area contributed by atoms with Gasteiger partial charge in [-0.25, -0.2) is 0 Å². The molecule has 0 aliphatic heterocycles. The average molecular weight is 205 g/mol. The van der Waals surface area contributed by atoms with Crippen LogP contribution < -0.4 is 0 Å². The first-order valence-electron chi connectivity index (χ1n) is 4.34. The summed E-state index contributed by atoms with van der Waals surface area (Å²) in [6, 6.07) is 0. The molecule has 1 saturated carbocycles. The van der Waals surface area contributed by atoms with Crippen LogP contribution in [-0.4, -0.2) is 4.83 Å². The van der Waals surface area contributed by atoms with Crippen LogP contribution in [0.1, 0.15) is 39.5 Å². The summed E-state index contributed by atoms with van der Waals surface area (Å²) in [5, 5.41) is 0. The van der Waals surface area contributed by atoms with Gasteiger partial charge in [-0.1, -0.05) is 29.8 Å². The summed E-state index contributed by atoms with van der Waals surface area (Å²) in [6.45, 7) is 4.60. The molecule has 0 heterocycles. The van der Waals surface area contributed by atoms with Crippen molar-refractivity contribution < 1.29 is 0 Å². The Hall–Kier alpha value is 0.480. The Balaban J connectivity index is 2.00. The normalized spacial score (nSPS) is 21.6. The SMILES string of the molecule is CC(C)CCC(Br)C1CC1. The van der Waals surface area contributed by atoms with Crippen molar-refractivity contribution in [3.8, 4) is 0 Å². The maximum atomic E-state index is 3.73. The second-order valence-corrected chi connectivity index (χ2v) is 5.00.